The highest BCUT2D eigenvalue weighted by Crippen LogP contribution is 2.13. The molecule has 0 N–H and O–H groups in total. The first-order chi connectivity index (χ1) is 15.3. The fraction of sp³-hybridized carbons (Fsp3) is 0.464. The quantitative estimate of drug-likeness (QED) is 0.269. The van der Waals surface area contributed by atoms with E-state index in [9.17, 15) is 0 Å². The van der Waals surface area contributed by atoms with Gasteiger partial charge in [-0.25, -0.2) is 0 Å². The minimum Gasteiger partial charge on any atom is -0.265 e. The van der Waals surface area contributed by atoms with Gasteiger partial charge in [0.1, 0.15) is 0 Å². The Bertz CT molecular complexity index is 711. The molecule has 3 heterocycles. The van der Waals surface area contributed by atoms with Gasteiger partial charge in [0.2, 0.25) is 0 Å². The van der Waals surface area contributed by atoms with E-state index in [-0.39, 0.29) is 0 Å². The normalized spacial score (nSPS) is 10.4. The standard InChI is InChI=1S/C22H32N2.C6H7N/c1(3-5-7-9-12-21-15-18-23-19-16-21)2-4-6-8-10-13-22-14-11-17-24-20-22;1-6-2-4-7-5-3-6/h11,14-20H,1-10,12-13H2;2-5H,1H3. The van der Waals surface area contributed by atoms with E-state index in [1.54, 1.807) is 12.4 Å². The molecule has 0 aliphatic heterocycles. The van der Waals surface area contributed by atoms with E-state index >= 15 is 0 Å². The second-order valence-corrected chi connectivity index (χ2v) is 8.28. The molecule has 0 atom stereocenters. The summed E-state index contributed by atoms with van der Waals surface area (Å²) in [5.74, 6) is 0. The topological polar surface area (TPSA) is 38.7 Å². The third kappa shape index (κ3) is 13.4. The molecule has 3 aromatic rings. The monoisotopic (exact) mass is 417 g/mol. The van der Waals surface area contributed by atoms with Crippen LogP contribution in [0.1, 0.15) is 80.9 Å². The first kappa shape index (κ1) is 24.7. The number of hydrogen-bond acceptors (Lipinski definition) is 3. The Hall–Kier alpha value is -2.55. The predicted octanol–water partition coefficient (Wildman–Crippen LogP) is 7.55. The van der Waals surface area contributed by atoms with Crippen molar-refractivity contribution in [3.8, 4) is 0 Å². The highest BCUT2D eigenvalue weighted by Gasteiger charge is 1.96. The van der Waals surface area contributed by atoms with Crippen molar-refractivity contribution in [2.24, 2.45) is 0 Å². The molecule has 3 aromatic heterocycles. The van der Waals surface area contributed by atoms with Crippen LogP contribution in [0.5, 0.6) is 0 Å². The Morgan fingerprint density at radius 2 is 0.968 bits per heavy atom. The number of unbranched alkanes of at least 4 members (excludes halogenated alkanes) is 9. The van der Waals surface area contributed by atoms with Crippen molar-refractivity contribution < 1.29 is 0 Å². The second-order valence-electron chi connectivity index (χ2n) is 8.28. The molecule has 0 aromatic carbocycles. The Balaban J connectivity index is 0.000000412. The third-order valence-electron chi connectivity index (χ3n) is 5.50. The van der Waals surface area contributed by atoms with Crippen molar-refractivity contribution in [3.63, 3.8) is 0 Å². The van der Waals surface area contributed by atoms with Gasteiger partial charge in [0.05, 0.1) is 0 Å². The molecule has 0 amide bonds. The van der Waals surface area contributed by atoms with Crippen molar-refractivity contribution in [2.45, 2.75) is 84.0 Å². The molecular weight excluding hydrogens is 378 g/mol. The van der Waals surface area contributed by atoms with Gasteiger partial charge >= 0.3 is 0 Å². The van der Waals surface area contributed by atoms with Gasteiger partial charge in [-0.15, -0.1) is 0 Å². The van der Waals surface area contributed by atoms with E-state index < -0.39 is 0 Å². The van der Waals surface area contributed by atoms with E-state index in [0.29, 0.717) is 0 Å². The summed E-state index contributed by atoms with van der Waals surface area (Å²) >= 11 is 0. The second kappa shape index (κ2) is 17.2. The maximum atomic E-state index is 4.17. The van der Waals surface area contributed by atoms with Crippen molar-refractivity contribution in [3.05, 3.63) is 90.3 Å². The lowest BCUT2D eigenvalue weighted by atomic mass is 10.0. The molecule has 0 bridgehead atoms. The van der Waals surface area contributed by atoms with Crippen molar-refractivity contribution in [1.82, 2.24) is 15.0 Å². The van der Waals surface area contributed by atoms with Crippen molar-refractivity contribution >= 4 is 0 Å². The molecule has 0 unspecified atom stereocenters. The molecule has 166 valence electrons. The van der Waals surface area contributed by atoms with Gasteiger partial charge in [-0.2, -0.15) is 0 Å². The molecule has 31 heavy (non-hydrogen) atoms. The summed E-state index contributed by atoms with van der Waals surface area (Å²) in [4.78, 5) is 12.1. The number of pyridine rings is 3. The van der Waals surface area contributed by atoms with Crippen LogP contribution in [0.3, 0.4) is 0 Å². The third-order valence-corrected chi connectivity index (χ3v) is 5.50. The molecule has 3 nitrogen and oxygen atoms in total. The zero-order valence-electron chi connectivity index (χ0n) is 19.3. The van der Waals surface area contributed by atoms with E-state index in [0.717, 1.165) is 0 Å². The van der Waals surface area contributed by atoms with Crippen molar-refractivity contribution in [1.29, 1.82) is 0 Å². The van der Waals surface area contributed by atoms with E-state index in [2.05, 4.69) is 33.2 Å². The van der Waals surface area contributed by atoms with Crippen LogP contribution in [0.25, 0.3) is 0 Å². The Labute approximate surface area is 189 Å². The first-order valence-corrected chi connectivity index (χ1v) is 12.0. The average molecular weight is 418 g/mol. The van der Waals surface area contributed by atoms with Gasteiger partial charge in [0.15, 0.2) is 0 Å². The zero-order valence-corrected chi connectivity index (χ0v) is 19.3. The zero-order chi connectivity index (χ0) is 21.8. The smallest absolute Gasteiger partial charge is 0.0299 e. The fourth-order valence-corrected chi connectivity index (χ4v) is 3.59. The van der Waals surface area contributed by atoms with E-state index in [4.69, 9.17) is 0 Å². The molecule has 0 spiro atoms. The summed E-state index contributed by atoms with van der Waals surface area (Å²) in [6, 6.07) is 12.4. The number of aryl methyl sites for hydroxylation is 3. The molecule has 3 rings (SSSR count). The summed E-state index contributed by atoms with van der Waals surface area (Å²) in [6.45, 7) is 2.04. The molecule has 0 saturated carbocycles. The minimum atomic E-state index is 1.19. The lowest BCUT2D eigenvalue weighted by Crippen LogP contribution is -1.88. The van der Waals surface area contributed by atoms with Crippen LogP contribution in [0.4, 0.5) is 0 Å². The van der Waals surface area contributed by atoms with Gasteiger partial charge in [0.25, 0.3) is 0 Å². The van der Waals surface area contributed by atoms with Gasteiger partial charge in [-0.3, -0.25) is 15.0 Å². The SMILES string of the molecule is Cc1ccncc1.c1cncc(CCCCCCCCCCCCc2ccncc2)c1. The number of nitrogens with zero attached hydrogens (tertiary/aromatic N) is 3. The number of aromatic nitrogens is 3. The summed E-state index contributed by atoms with van der Waals surface area (Å²) in [6.07, 6.45) is 27.4. The fourth-order valence-electron chi connectivity index (χ4n) is 3.59. The van der Waals surface area contributed by atoms with Crippen LogP contribution in [0, 0.1) is 6.92 Å². The molecular formula is C28H39N3. The van der Waals surface area contributed by atoms with Gasteiger partial charge in [0, 0.05) is 37.2 Å². The van der Waals surface area contributed by atoms with Crippen LogP contribution in [0.15, 0.2) is 73.6 Å². The van der Waals surface area contributed by atoms with E-state index in [1.807, 2.05) is 49.9 Å². The van der Waals surface area contributed by atoms with Gasteiger partial charge in [-0.05, 0) is 79.6 Å². The summed E-state index contributed by atoms with van der Waals surface area (Å²) < 4.78 is 0. The molecule has 0 saturated heterocycles. The molecule has 0 radical (unpaired) electrons. The minimum absolute atomic E-state index is 1.19. The summed E-state index contributed by atoms with van der Waals surface area (Å²) in [5.41, 5.74) is 4.07. The maximum Gasteiger partial charge on any atom is 0.0299 e. The number of hydrogen-bond donors (Lipinski definition) is 0. The first-order valence-electron chi connectivity index (χ1n) is 12.0. The summed E-state index contributed by atoms with van der Waals surface area (Å²) in [7, 11) is 0. The largest absolute Gasteiger partial charge is 0.265 e. The predicted molar refractivity (Wildman–Crippen MR) is 131 cm³/mol. The van der Waals surface area contributed by atoms with Gasteiger partial charge < -0.3 is 0 Å². The van der Waals surface area contributed by atoms with Crippen LogP contribution < -0.4 is 0 Å². The van der Waals surface area contributed by atoms with Crippen LogP contribution in [-0.4, -0.2) is 15.0 Å². The Morgan fingerprint density at radius 3 is 1.42 bits per heavy atom. The summed E-state index contributed by atoms with van der Waals surface area (Å²) in [5, 5.41) is 0. The average Bonchev–Trinajstić information content (AvgIpc) is 2.82. The van der Waals surface area contributed by atoms with Crippen LogP contribution in [-0.2, 0) is 12.8 Å². The number of rotatable bonds is 13. The lowest BCUT2D eigenvalue weighted by Gasteiger charge is -2.04. The molecule has 0 aliphatic carbocycles. The highest BCUT2D eigenvalue weighted by molar-refractivity contribution is 5.09. The Morgan fingerprint density at radius 1 is 0.484 bits per heavy atom. The van der Waals surface area contributed by atoms with E-state index in [1.165, 1.54) is 93.7 Å². The lowest BCUT2D eigenvalue weighted by molar-refractivity contribution is 0.551. The van der Waals surface area contributed by atoms with Crippen molar-refractivity contribution in [2.75, 3.05) is 0 Å². The molecule has 0 fully saturated rings. The van der Waals surface area contributed by atoms with Crippen LogP contribution in [0.2, 0.25) is 0 Å². The van der Waals surface area contributed by atoms with Crippen LogP contribution >= 0.6 is 0 Å². The highest BCUT2D eigenvalue weighted by atomic mass is 14.6. The van der Waals surface area contributed by atoms with Gasteiger partial charge in [-0.1, -0.05) is 57.4 Å². The Kier molecular flexibility index (Phi) is 13.7. The maximum absolute atomic E-state index is 4.17. The molecule has 0 aliphatic rings. The molecule has 3 heteroatoms.